The van der Waals surface area contributed by atoms with E-state index in [1.807, 2.05) is 6.07 Å². The van der Waals surface area contributed by atoms with Crippen LogP contribution < -0.4 is 16.0 Å². The highest BCUT2D eigenvalue weighted by atomic mass is 32.1. The summed E-state index contributed by atoms with van der Waals surface area (Å²) in [7, 11) is 0. The summed E-state index contributed by atoms with van der Waals surface area (Å²) in [6, 6.07) is 9.41. The zero-order valence-electron chi connectivity index (χ0n) is 13.4. The molecule has 0 bridgehead atoms. The van der Waals surface area contributed by atoms with Crippen LogP contribution in [0.2, 0.25) is 0 Å². The molecular weight excluding hydrogens is 318 g/mol. The molecule has 124 valence electrons. The van der Waals surface area contributed by atoms with Crippen LogP contribution in [0.4, 0.5) is 5.69 Å². The van der Waals surface area contributed by atoms with Crippen molar-refractivity contribution in [3.63, 3.8) is 0 Å². The zero-order valence-corrected chi connectivity index (χ0v) is 14.2. The van der Waals surface area contributed by atoms with Crippen LogP contribution in [0.15, 0.2) is 35.0 Å². The summed E-state index contributed by atoms with van der Waals surface area (Å²) in [5.41, 5.74) is 4.56. The molecule has 1 unspecified atom stereocenters. The van der Waals surface area contributed by atoms with Crippen molar-refractivity contribution < 1.29 is 4.79 Å². The SMILES string of the molecule is O=C(NC1CC1)c1ccc2c(c1)[C@H]1NCC[C@H]1C(c1ccsc1)N2. The molecule has 2 aliphatic heterocycles. The van der Waals surface area contributed by atoms with Gasteiger partial charge in [-0.15, -0.1) is 0 Å². The highest BCUT2D eigenvalue weighted by Crippen LogP contribution is 2.47. The van der Waals surface area contributed by atoms with Crippen molar-refractivity contribution in [2.75, 3.05) is 11.9 Å². The number of fused-ring (bicyclic) bond motifs is 3. The molecule has 2 aromatic rings. The molecule has 3 aliphatic rings. The number of nitrogens with one attached hydrogen (secondary N) is 3. The van der Waals surface area contributed by atoms with Crippen molar-refractivity contribution in [3.8, 4) is 0 Å². The Labute approximate surface area is 145 Å². The van der Waals surface area contributed by atoms with Gasteiger partial charge in [-0.3, -0.25) is 4.79 Å². The van der Waals surface area contributed by atoms with E-state index >= 15 is 0 Å². The van der Waals surface area contributed by atoms with Crippen molar-refractivity contribution >= 4 is 22.9 Å². The number of benzene rings is 1. The van der Waals surface area contributed by atoms with Crippen molar-refractivity contribution in [3.05, 3.63) is 51.7 Å². The lowest BCUT2D eigenvalue weighted by Crippen LogP contribution is -2.33. The van der Waals surface area contributed by atoms with Gasteiger partial charge in [0.1, 0.15) is 0 Å². The molecule has 0 spiro atoms. The van der Waals surface area contributed by atoms with E-state index in [4.69, 9.17) is 0 Å². The summed E-state index contributed by atoms with van der Waals surface area (Å²) in [4.78, 5) is 12.4. The van der Waals surface area contributed by atoms with Crippen LogP contribution in [-0.4, -0.2) is 18.5 Å². The number of amides is 1. The van der Waals surface area contributed by atoms with E-state index < -0.39 is 0 Å². The number of hydrogen-bond acceptors (Lipinski definition) is 4. The molecule has 1 aromatic heterocycles. The number of hydrogen-bond donors (Lipinski definition) is 3. The van der Waals surface area contributed by atoms with E-state index in [0.29, 0.717) is 24.0 Å². The van der Waals surface area contributed by atoms with E-state index in [2.05, 4.69) is 44.9 Å². The van der Waals surface area contributed by atoms with Crippen molar-refractivity contribution in [2.45, 2.75) is 37.4 Å². The molecular formula is C19H21N3OS. The lowest BCUT2D eigenvalue weighted by molar-refractivity contribution is 0.0951. The standard InChI is InChI=1S/C19H21N3OS/c23-19(21-13-2-3-13)11-1-4-16-15(9-11)18-14(5-7-20-18)17(22-16)12-6-8-24-10-12/h1,4,6,8-10,13-14,17-18,20,22H,2-3,5,7H2,(H,21,23)/t14-,17?,18-/m0/s1. The molecule has 1 saturated heterocycles. The molecule has 1 aromatic carbocycles. The number of anilines is 1. The summed E-state index contributed by atoms with van der Waals surface area (Å²) >= 11 is 1.75. The Kier molecular flexibility index (Phi) is 3.38. The smallest absolute Gasteiger partial charge is 0.251 e. The number of thiophene rings is 1. The van der Waals surface area contributed by atoms with Gasteiger partial charge in [-0.1, -0.05) is 0 Å². The van der Waals surface area contributed by atoms with E-state index in [0.717, 1.165) is 37.1 Å². The summed E-state index contributed by atoms with van der Waals surface area (Å²) in [6.45, 7) is 1.04. The summed E-state index contributed by atoms with van der Waals surface area (Å²) in [6.07, 6.45) is 3.40. The lowest BCUT2D eigenvalue weighted by atomic mass is 9.80. The number of rotatable bonds is 3. The van der Waals surface area contributed by atoms with Gasteiger partial charge in [0.25, 0.3) is 5.91 Å². The van der Waals surface area contributed by atoms with Crippen molar-refractivity contribution in [1.29, 1.82) is 0 Å². The predicted molar refractivity (Wildman–Crippen MR) is 96.5 cm³/mol. The molecule has 2 fully saturated rings. The fourth-order valence-electron chi connectivity index (χ4n) is 4.07. The van der Waals surface area contributed by atoms with Crippen LogP contribution in [0.5, 0.6) is 0 Å². The van der Waals surface area contributed by atoms with Crippen LogP contribution in [0, 0.1) is 5.92 Å². The van der Waals surface area contributed by atoms with Gasteiger partial charge in [0.05, 0.1) is 6.04 Å². The Morgan fingerprint density at radius 2 is 2.08 bits per heavy atom. The van der Waals surface area contributed by atoms with Gasteiger partial charge in [-0.25, -0.2) is 0 Å². The quantitative estimate of drug-likeness (QED) is 0.803. The second kappa shape index (κ2) is 5.60. The van der Waals surface area contributed by atoms with Crippen LogP contribution in [0.3, 0.4) is 0 Å². The molecule has 1 saturated carbocycles. The predicted octanol–water partition coefficient (Wildman–Crippen LogP) is 3.46. The average molecular weight is 339 g/mol. The topological polar surface area (TPSA) is 53.2 Å². The van der Waals surface area contributed by atoms with Gasteiger partial charge in [0.2, 0.25) is 0 Å². The fraction of sp³-hybridized carbons (Fsp3) is 0.421. The third kappa shape index (κ3) is 2.43. The molecule has 4 nitrogen and oxygen atoms in total. The first-order valence-electron chi connectivity index (χ1n) is 8.76. The third-order valence-corrected chi connectivity index (χ3v) is 6.17. The highest BCUT2D eigenvalue weighted by molar-refractivity contribution is 7.08. The second-order valence-corrected chi connectivity index (χ2v) is 7.89. The Bertz CT molecular complexity index is 769. The Hall–Kier alpha value is -1.85. The van der Waals surface area contributed by atoms with Gasteiger partial charge in [-0.05, 0) is 72.0 Å². The fourth-order valence-corrected chi connectivity index (χ4v) is 4.77. The van der Waals surface area contributed by atoms with E-state index in [1.165, 1.54) is 11.1 Å². The minimum Gasteiger partial charge on any atom is -0.378 e. The molecule has 24 heavy (non-hydrogen) atoms. The molecule has 3 N–H and O–H groups in total. The average Bonchev–Trinajstić information content (AvgIpc) is 3.07. The molecule has 1 amide bonds. The summed E-state index contributed by atoms with van der Waals surface area (Å²) in [5, 5.41) is 14.9. The van der Waals surface area contributed by atoms with Crippen LogP contribution in [0.25, 0.3) is 0 Å². The Morgan fingerprint density at radius 1 is 1.17 bits per heavy atom. The monoisotopic (exact) mass is 339 g/mol. The summed E-state index contributed by atoms with van der Waals surface area (Å²) < 4.78 is 0. The normalized spacial score (nSPS) is 27.9. The van der Waals surface area contributed by atoms with Gasteiger partial charge in [0, 0.05) is 29.3 Å². The zero-order chi connectivity index (χ0) is 16.1. The highest BCUT2D eigenvalue weighted by Gasteiger charge is 2.40. The van der Waals surface area contributed by atoms with Gasteiger partial charge in [-0.2, -0.15) is 11.3 Å². The second-order valence-electron chi connectivity index (χ2n) is 7.11. The van der Waals surface area contributed by atoms with E-state index in [-0.39, 0.29) is 5.91 Å². The van der Waals surface area contributed by atoms with Gasteiger partial charge < -0.3 is 16.0 Å². The van der Waals surface area contributed by atoms with Crippen LogP contribution >= 0.6 is 11.3 Å². The minimum absolute atomic E-state index is 0.0646. The molecule has 3 atom stereocenters. The molecule has 3 heterocycles. The minimum atomic E-state index is 0.0646. The first-order chi connectivity index (χ1) is 11.8. The number of carbonyl (C=O) groups excluding carboxylic acids is 1. The lowest BCUT2D eigenvalue weighted by Gasteiger charge is -2.37. The van der Waals surface area contributed by atoms with Crippen LogP contribution in [-0.2, 0) is 0 Å². The maximum absolute atomic E-state index is 12.4. The molecule has 5 rings (SSSR count). The largest absolute Gasteiger partial charge is 0.378 e. The number of carbonyl (C=O) groups is 1. The first-order valence-corrected chi connectivity index (χ1v) is 9.71. The molecule has 5 heteroatoms. The summed E-state index contributed by atoms with van der Waals surface area (Å²) in [5.74, 6) is 0.601. The van der Waals surface area contributed by atoms with Gasteiger partial charge >= 0.3 is 0 Å². The Balaban J connectivity index is 1.49. The maximum Gasteiger partial charge on any atom is 0.251 e. The van der Waals surface area contributed by atoms with Gasteiger partial charge in [0.15, 0.2) is 0 Å². The maximum atomic E-state index is 12.4. The first kappa shape index (κ1) is 14.5. The van der Waals surface area contributed by atoms with Crippen LogP contribution in [0.1, 0.15) is 52.8 Å². The van der Waals surface area contributed by atoms with Crippen molar-refractivity contribution in [1.82, 2.24) is 10.6 Å². The van der Waals surface area contributed by atoms with E-state index in [1.54, 1.807) is 11.3 Å². The van der Waals surface area contributed by atoms with Crippen molar-refractivity contribution in [2.24, 2.45) is 5.92 Å². The third-order valence-electron chi connectivity index (χ3n) is 5.47. The molecule has 1 aliphatic carbocycles. The van der Waals surface area contributed by atoms with E-state index in [9.17, 15) is 4.79 Å². The Morgan fingerprint density at radius 3 is 2.88 bits per heavy atom. The molecule has 0 radical (unpaired) electrons.